The Hall–Kier alpha value is -1.32. The number of benzene rings is 1. The van der Waals surface area contributed by atoms with Crippen LogP contribution in [0, 0.1) is 6.92 Å². The lowest BCUT2D eigenvalue weighted by Crippen LogP contribution is -2.28. The summed E-state index contributed by atoms with van der Waals surface area (Å²) in [5.41, 5.74) is 3.66. The number of nitrogens with zero attached hydrogens (tertiary/aromatic N) is 2. The van der Waals surface area contributed by atoms with Crippen LogP contribution in [0.4, 0.5) is 0 Å². The minimum atomic E-state index is 0.592. The average Bonchev–Trinajstić information content (AvgIpc) is 2.83. The van der Waals surface area contributed by atoms with Crippen LogP contribution in [0.5, 0.6) is 0 Å². The highest BCUT2D eigenvalue weighted by atomic mass is 35.5. The van der Waals surface area contributed by atoms with Crippen LogP contribution in [0.15, 0.2) is 30.5 Å². The van der Waals surface area contributed by atoms with E-state index in [1.807, 2.05) is 35.1 Å². The van der Waals surface area contributed by atoms with Gasteiger partial charge in [0.25, 0.3) is 0 Å². The molecule has 3 rings (SSSR count). The maximum Gasteiger partial charge on any atom is 0.0649 e. The highest BCUT2D eigenvalue weighted by molar-refractivity contribution is 6.30. The van der Waals surface area contributed by atoms with Gasteiger partial charge in [0, 0.05) is 17.3 Å². The van der Waals surface area contributed by atoms with Crippen molar-refractivity contribution in [3.05, 3.63) is 46.7 Å². The highest BCUT2D eigenvalue weighted by Gasteiger charge is 2.20. The Balaban J connectivity index is 1.91. The molecule has 0 aliphatic carbocycles. The zero-order valence-corrected chi connectivity index (χ0v) is 11.8. The molecule has 1 aromatic carbocycles. The Morgan fingerprint density at radius 3 is 2.79 bits per heavy atom. The normalized spacial score (nSPS) is 19.6. The van der Waals surface area contributed by atoms with Gasteiger partial charge in [-0.15, -0.1) is 0 Å². The van der Waals surface area contributed by atoms with Crippen LogP contribution in [0.3, 0.4) is 0 Å². The minimum absolute atomic E-state index is 0.592. The summed E-state index contributed by atoms with van der Waals surface area (Å²) in [4.78, 5) is 0. The molecule has 0 amide bonds. The van der Waals surface area contributed by atoms with Gasteiger partial charge in [0.1, 0.15) is 0 Å². The molecule has 2 heterocycles. The standard InChI is InChI=1S/C15H18ClN3/c1-11-15(12-3-2-8-17-9-12)10-18-19(11)14-6-4-13(16)5-7-14/h4-7,10,12,17H,2-3,8-9H2,1H3. The molecule has 0 bridgehead atoms. The molecule has 1 saturated heterocycles. The van der Waals surface area contributed by atoms with E-state index in [0.29, 0.717) is 5.92 Å². The number of aromatic nitrogens is 2. The smallest absolute Gasteiger partial charge is 0.0649 e. The first-order valence-electron chi connectivity index (χ1n) is 6.77. The number of rotatable bonds is 2. The lowest BCUT2D eigenvalue weighted by Gasteiger charge is -2.22. The topological polar surface area (TPSA) is 29.9 Å². The van der Waals surface area contributed by atoms with Crippen molar-refractivity contribution in [3.8, 4) is 5.69 Å². The molecule has 1 unspecified atom stereocenters. The maximum atomic E-state index is 5.93. The van der Waals surface area contributed by atoms with Gasteiger partial charge in [0.05, 0.1) is 11.9 Å². The molecule has 0 saturated carbocycles. The number of hydrogen-bond acceptors (Lipinski definition) is 2. The monoisotopic (exact) mass is 275 g/mol. The molecule has 0 spiro atoms. The molecule has 1 fully saturated rings. The van der Waals surface area contributed by atoms with Crippen molar-refractivity contribution >= 4 is 11.6 Å². The third-order valence-electron chi connectivity index (χ3n) is 3.86. The van der Waals surface area contributed by atoms with Crippen molar-refractivity contribution in [2.24, 2.45) is 0 Å². The van der Waals surface area contributed by atoms with E-state index in [4.69, 9.17) is 11.6 Å². The van der Waals surface area contributed by atoms with Gasteiger partial charge in [-0.2, -0.15) is 5.10 Å². The number of piperidine rings is 1. The van der Waals surface area contributed by atoms with Gasteiger partial charge in [-0.3, -0.25) is 0 Å². The van der Waals surface area contributed by atoms with Gasteiger partial charge in [-0.25, -0.2) is 4.68 Å². The fourth-order valence-corrected chi connectivity index (χ4v) is 2.91. The number of halogens is 1. The molecular weight excluding hydrogens is 258 g/mol. The minimum Gasteiger partial charge on any atom is -0.316 e. The van der Waals surface area contributed by atoms with Crippen molar-refractivity contribution in [1.82, 2.24) is 15.1 Å². The first kappa shape index (κ1) is 12.7. The van der Waals surface area contributed by atoms with Gasteiger partial charge in [-0.05, 0) is 62.1 Å². The van der Waals surface area contributed by atoms with Gasteiger partial charge in [-0.1, -0.05) is 11.6 Å². The van der Waals surface area contributed by atoms with Gasteiger partial charge in [0.2, 0.25) is 0 Å². The second kappa shape index (κ2) is 5.35. The van der Waals surface area contributed by atoms with Crippen LogP contribution in [0.2, 0.25) is 5.02 Å². The fourth-order valence-electron chi connectivity index (χ4n) is 2.78. The summed E-state index contributed by atoms with van der Waals surface area (Å²) in [6, 6.07) is 7.82. The van der Waals surface area contributed by atoms with E-state index in [1.165, 1.54) is 24.1 Å². The van der Waals surface area contributed by atoms with Crippen LogP contribution in [-0.2, 0) is 0 Å². The van der Waals surface area contributed by atoms with Gasteiger partial charge in [0.15, 0.2) is 0 Å². The molecule has 4 heteroatoms. The van der Waals surface area contributed by atoms with Crippen LogP contribution in [0.1, 0.15) is 30.0 Å². The van der Waals surface area contributed by atoms with E-state index in [-0.39, 0.29) is 0 Å². The fraction of sp³-hybridized carbons (Fsp3) is 0.400. The predicted octanol–water partition coefficient (Wildman–Crippen LogP) is 3.30. The molecule has 100 valence electrons. The Morgan fingerprint density at radius 2 is 2.11 bits per heavy atom. The van der Waals surface area contributed by atoms with Gasteiger partial charge < -0.3 is 5.32 Å². The van der Waals surface area contributed by atoms with Crippen molar-refractivity contribution in [2.75, 3.05) is 13.1 Å². The lowest BCUT2D eigenvalue weighted by molar-refractivity contribution is 0.460. The first-order chi connectivity index (χ1) is 9.25. The third-order valence-corrected chi connectivity index (χ3v) is 4.11. The maximum absolute atomic E-state index is 5.93. The zero-order valence-electron chi connectivity index (χ0n) is 11.1. The quantitative estimate of drug-likeness (QED) is 0.911. The molecule has 1 aromatic heterocycles. The SMILES string of the molecule is Cc1c(C2CCCNC2)cnn1-c1ccc(Cl)cc1. The molecule has 19 heavy (non-hydrogen) atoms. The molecule has 1 aliphatic rings. The average molecular weight is 276 g/mol. The zero-order chi connectivity index (χ0) is 13.2. The number of hydrogen-bond donors (Lipinski definition) is 1. The van der Waals surface area contributed by atoms with Crippen molar-refractivity contribution in [2.45, 2.75) is 25.7 Å². The van der Waals surface area contributed by atoms with E-state index in [2.05, 4.69) is 17.3 Å². The first-order valence-corrected chi connectivity index (χ1v) is 7.14. The summed E-state index contributed by atoms with van der Waals surface area (Å²) >= 11 is 5.93. The summed E-state index contributed by atoms with van der Waals surface area (Å²) in [5, 5.41) is 8.75. The van der Waals surface area contributed by atoms with Crippen molar-refractivity contribution in [1.29, 1.82) is 0 Å². The highest BCUT2D eigenvalue weighted by Crippen LogP contribution is 2.27. The van der Waals surface area contributed by atoms with Crippen LogP contribution in [-0.4, -0.2) is 22.9 Å². The summed E-state index contributed by atoms with van der Waals surface area (Å²) in [6.45, 7) is 4.35. The Kier molecular flexibility index (Phi) is 3.58. The molecule has 1 N–H and O–H groups in total. The van der Waals surface area contributed by atoms with E-state index in [0.717, 1.165) is 23.8 Å². The second-order valence-corrected chi connectivity index (χ2v) is 5.55. The van der Waals surface area contributed by atoms with Crippen LogP contribution < -0.4 is 5.32 Å². The predicted molar refractivity (Wildman–Crippen MR) is 78.2 cm³/mol. The summed E-state index contributed by atoms with van der Waals surface area (Å²) in [6.07, 6.45) is 4.51. The van der Waals surface area contributed by atoms with E-state index in [1.54, 1.807) is 0 Å². The van der Waals surface area contributed by atoms with Gasteiger partial charge >= 0.3 is 0 Å². The van der Waals surface area contributed by atoms with Crippen LogP contribution >= 0.6 is 11.6 Å². The van der Waals surface area contributed by atoms with E-state index < -0.39 is 0 Å². The number of nitrogens with one attached hydrogen (secondary N) is 1. The summed E-state index contributed by atoms with van der Waals surface area (Å²) in [7, 11) is 0. The molecular formula is C15H18ClN3. The van der Waals surface area contributed by atoms with E-state index in [9.17, 15) is 0 Å². The largest absolute Gasteiger partial charge is 0.316 e. The molecule has 3 nitrogen and oxygen atoms in total. The Bertz CT molecular complexity index is 553. The third kappa shape index (κ3) is 2.53. The lowest BCUT2D eigenvalue weighted by atomic mass is 9.92. The summed E-state index contributed by atoms with van der Waals surface area (Å²) < 4.78 is 2.00. The molecule has 2 aromatic rings. The van der Waals surface area contributed by atoms with Crippen LogP contribution in [0.25, 0.3) is 5.69 Å². The molecule has 1 atom stereocenters. The summed E-state index contributed by atoms with van der Waals surface area (Å²) in [5.74, 6) is 0.592. The van der Waals surface area contributed by atoms with Crippen molar-refractivity contribution < 1.29 is 0 Å². The molecule has 0 radical (unpaired) electrons. The van der Waals surface area contributed by atoms with Crippen molar-refractivity contribution in [3.63, 3.8) is 0 Å². The Morgan fingerprint density at radius 1 is 1.32 bits per heavy atom. The molecule has 1 aliphatic heterocycles. The van der Waals surface area contributed by atoms with E-state index >= 15 is 0 Å². The Labute approximate surface area is 118 Å². The second-order valence-electron chi connectivity index (χ2n) is 5.12.